The van der Waals surface area contributed by atoms with Gasteiger partial charge in [-0.25, -0.2) is 0 Å². The molecule has 1 rings (SSSR count). The molecule has 0 spiro atoms. The van der Waals surface area contributed by atoms with Gasteiger partial charge in [0.2, 0.25) is 5.91 Å². The van der Waals surface area contributed by atoms with Crippen LogP contribution in [0.3, 0.4) is 0 Å². The second-order valence-electron chi connectivity index (χ2n) is 4.53. The second kappa shape index (κ2) is 8.95. The highest BCUT2D eigenvalue weighted by atomic mass is 35.5. The Bertz CT molecular complexity index is 341. The van der Waals surface area contributed by atoms with E-state index in [9.17, 15) is 4.79 Å². The minimum atomic E-state index is -0.0620. The maximum Gasteiger partial charge on any atom is 0.227 e. The molecule has 0 saturated carbocycles. The third-order valence-electron chi connectivity index (χ3n) is 2.78. The number of halogens is 1. The fourth-order valence-electron chi connectivity index (χ4n) is 1.92. The van der Waals surface area contributed by atoms with Gasteiger partial charge in [-0.05, 0) is 18.5 Å². The summed E-state index contributed by atoms with van der Waals surface area (Å²) in [7, 11) is 1.88. The maximum absolute atomic E-state index is 12.1. The molecule has 3 nitrogen and oxygen atoms in total. The van der Waals surface area contributed by atoms with Crippen molar-refractivity contribution in [2.45, 2.75) is 19.8 Å². The molecular formula is C14H23ClN2O. The number of hydrogen-bond acceptors (Lipinski definition) is 2. The lowest BCUT2D eigenvalue weighted by molar-refractivity contribution is -0.123. The van der Waals surface area contributed by atoms with Crippen LogP contribution in [0.15, 0.2) is 30.3 Å². The molecule has 18 heavy (non-hydrogen) atoms. The molecule has 1 aromatic carbocycles. The number of amides is 1. The summed E-state index contributed by atoms with van der Waals surface area (Å²) in [4.78, 5) is 12.1. The van der Waals surface area contributed by atoms with E-state index in [-0.39, 0.29) is 24.2 Å². The highest BCUT2D eigenvalue weighted by molar-refractivity contribution is 5.85. The van der Waals surface area contributed by atoms with E-state index in [0.717, 1.165) is 12.1 Å². The first-order chi connectivity index (χ1) is 8.16. The molecule has 0 aliphatic rings. The predicted octanol–water partition coefficient (Wildman–Crippen LogP) is 2.18. The van der Waals surface area contributed by atoms with Gasteiger partial charge in [0.05, 0.1) is 5.92 Å². The van der Waals surface area contributed by atoms with Gasteiger partial charge >= 0.3 is 0 Å². The van der Waals surface area contributed by atoms with Gasteiger partial charge in [-0.2, -0.15) is 0 Å². The molecule has 1 aromatic rings. The Labute approximate surface area is 116 Å². The van der Waals surface area contributed by atoms with Crippen molar-refractivity contribution >= 4 is 18.3 Å². The van der Waals surface area contributed by atoms with Crippen LogP contribution in [0.25, 0.3) is 0 Å². The van der Waals surface area contributed by atoms with Crippen LogP contribution >= 0.6 is 12.4 Å². The van der Waals surface area contributed by atoms with Crippen LogP contribution in [0.4, 0.5) is 0 Å². The van der Waals surface area contributed by atoms with Crippen LogP contribution in [-0.4, -0.2) is 26.0 Å². The van der Waals surface area contributed by atoms with Gasteiger partial charge in [0.1, 0.15) is 0 Å². The van der Waals surface area contributed by atoms with E-state index in [4.69, 9.17) is 0 Å². The van der Waals surface area contributed by atoms with Gasteiger partial charge in [-0.1, -0.05) is 44.2 Å². The molecule has 1 amide bonds. The molecule has 4 heteroatoms. The summed E-state index contributed by atoms with van der Waals surface area (Å²) in [6, 6.07) is 9.96. The SMILES string of the molecule is CNCCNC(=O)C(c1ccccc1)C(C)C.Cl. The molecule has 0 radical (unpaired) electrons. The van der Waals surface area contributed by atoms with Crippen LogP contribution < -0.4 is 10.6 Å². The Morgan fingerprint density at radius 1 is 1.17 bits per heavy atom. The lowest BCUT2D eigenvalue weighted by Gasteiger charge is -2.20. The Morgan fingerprint density at radius 2 is 1.78 bits per heavy atom. The van der Waals surface area contributed by atoms with Gasteiger partial charge in [0.25, 0.3) is 0 Å². The van der Waals surface area contributed by atoms with E-state index in [1.165, 1.54) is 0 Å². The van der Waals surface area contributed by atoms with E-state index in [2.05, 4.69) is 24.5 Å². The highest BCUT2D eigenvalue weighted by Crippen LogP contribution is 2.24. The van der Waals surface area contributed by atoms with Gasteiger partial charge < -0.3 is 10.6 Å². The van der Waals surface area contributed by atoms with E-state index in [1.807, 2.05) is 37.4 Å². The number of carbonyl (C=O) groups is 1. The minimum absolute atomic E-state index is 0. The zero-order valence-electron chi connectivity index (χ0n) is 11.3. The summed E-state index contributed by atoms with van der Waals surface area (Å²) in [6.45, 7) is 5.63. The smallest absolute Gasteiger partial charge is 0.227 e. The summed E-state index contributed by atoms with van der Waals surface area (Å²) in [6.07, 6.45) is 0. The first-order valence-electron chi connectivity index (χ1n) is 6.14. The van der Waals surface area contributed by atoms with Crippen molar-refractivity contribution in [1.29, 1.82) is 0 Å². The topological polar surface area (TPSA) is 41.1 Å². The number of benzene rings is 1. The summed E-state index contributed by atoms with van der Waals surface area (Å²) >= 11 is 0. The maximum atomic E-state index is 12.1. The second-order valence-corrected chi connectivity index (χ2v) is 4.53. The minimum Gasteiger partial charge on any atom is -0.354 e. The normalized spacial score (nSPS) is 11.8. The Morgan fingerprint density at radius 3 is 2.28 bits per heavy atom. The molecular weight excluding hydrogens is 248 g/mol. The molecule has 1 unspecified atom stereocenters. The zero-order valence-corrected chi connectivity index (χ0v) is 12.1. The highest BCUT2D eigenvalue weighted by Gasteiger charge is 2.23. The van der Waals surface area contributed by atoms with Crippen molar-refractivity contribution in [2.24, 2.45) is 5.92 Å². The van der Waals surface area contributed by atoms with E-state index < -0.39 is 0 Å². The van der Waals surface area contributed by atoms with Crippen LogP contribution in [0.1, 0.15) is 25.3 Å². The zero-order chi connectivity index (χ0) is 12.7. The van der Waals surface area contributed by atoms with Gasteiger partial charge in [0, 0.05) is 13.1 Å². The first kappa shape index (κ1) is 16.9. The van der Waals surface area contributed by atoms with Gasteiger partial charge in [0.15, 0.2) is 0 Å². The van der Waals surface area contributed by atoms with Crippen molar-refractivity contribution in [3.8, 4) is 0 Å². The molecule has 1 atom stereocenters. The Balaban J connectivity index is 0.00000289. The quantitative estimate of drug-likeness (QED) is 0.778. The van der Waals surface area contributed by atoms with E-state index in [1.54, 1.807) is 0 Å². The van der Waals surface area contributed by atoms with Crippen LogP contribution in [0, 0.1) is 5.92 Å². The first-order valence-corrected chi connectivity index (χ1v) is 6.14. The third-order valence-corrected chi connectivity index (χ3v) is 2.78. The number of likely N-dealkylation sites (N-methyl/N-ethyl adjacent to an activating group) is 1. The van der Waals surface area contributed by atoms with E-state index in [0.29, 0.717) is 12.5 Å². The molecule has 0 aromatic heterocycles. The van der Waals surface area contributed by atoms with E-state index >= 15 is 0 Å². The van der Waals surface area contributed by atoms with Crippen molar-refractivity contribution in [3.63, 3.8) is 0 Å². The van der Waals surface area contributed by atoms with Gasteiger partial charge in [-0.3, -0.25) is 4.79 Å². The fourth-order valence-corrected chi connectivity index (χ4v) is 1.92. The number of nitrogens with one attached hydrogen (secondary N) is 2. The summed E-state index contributed by atoms with van der Waals surface area (Å²) in [5.41, 5.74) is 1.09. The summed E-state index contributed by atoms with van der Waals surface area (Å²) in [5.74, 6) is 0.349. The summed E-state index contributed by atoms with van der Waals surface area (Å²) < 4.78 is 0. The molecule has 0 aliphatic heterocycles. The molecule has 2 N–H and O–H groups in total. The molecule has 0 aliphatic carbocycles. The number of hydrogen-bond donors (Lipinski definition) is 2. The monoisotopic (exact) mass is 270 g/mol. The molecule has 0 fully saturated rings. The van der Waals surface area contributed by atoms with Crippen LogP contribution in [0.2, 0.25) is 0 Å². The largest absolute Gasteiger partial charge is 0.354 e. The average Bonchev–Trinajstić information content (AvgIpc) is 2.30. The lowest BCUT2D eigenvalue weighted by Crippen LogP contribution is -2.35. The predicted molar refractivity (Wildman–Crippen MR) is 78.2 cm³/mol. The third kappa shape index (κ3) is 5.07. The molecule has 0 heterocycles. The lowest BCUT2D eigenvalue weighted by atomic mass is 9.88. The van der Waals surface area contributed by atoms with Crippen molar-refractivity contribution in [3.05, 3.63) is 35.9 Å². The van der Waals surface area contributed by atoms with Crippen molar-refractivity contribution < 1.29 is 4.79 Å². The van der Waals surface area contributed by atoms with Crippen LogP contribution in [0.5, 0.6) is 0 Å². The number of carbonyl (C=O) groups excluding carboxylic acids is 1. The molecule has 0 saturated heterocycles. The van der Waals surface area contributed by atoms with Crippen molar-refractivity contribution in [2.75, 3.05) is 20.1 Å². The van der Waals surface area contributed by atoms with Gasteiger partial charge in [-0.15, -0.1) is 12.4 Å². The fraction of sp³-hybridized carbons (Fsp3) is 0.500. The van der Waals surface area contributed by atoms with Crippen molar-refractivity contribution in [1.82, 2.24) is 10.6 Å². The molecule has 0 bridgehead atoms. The van der Waals surface area contributed by atoms with Crippen LogP contribution in [-0.2, 0) is 4.79 Å². The summed E-state index contributed by atoms with van der Waals surface area (Å²) in [5, 5.41) is 5.98. The Kier molecular flexibility index (Phi) is 8.42. The molecule has 102 valence electrons. The Hall–Kier alpha value is -1.06. The average molecular weight is 271 g/mol. The number of rotatable bonds is 6. The standard InChI is InChI=1S/C14H22N2O.ClH/c1-11(2)13(12-7-5-4-6-8-12)14(17)16-10-9-15-3;/h4-8,11,13,15H,9-10H2,1-3H3,(H,16,17);1H.